The molecule has 7 nitrogen and oxygen atoms in total. The van der Waals surface area contributed by atoms with Crippen LogP contribution in [0.15, 0.2) is 22.7 Å². The lowest BCUT2D eigenvalue weighted by molar-refractivity contribution is 0.0980. The number of carbonyl (C=O) groups is 1. The maximum absolute atomic E-state index is 12.6. The normalized spacial score (nSPS) is 14.0. The lowest BCUT2D eigenvalue weighted by Crippen LogP contribution is -2.38. The summed E-state index contributed by atoms with van der Waals surface area (Å²) in [6.45, 7) is 1.34. The highest BCUT2D eigenvalue weighted by Gasteiger charge is 2.26. The number of hydrogen-bond donors (Lipinski definition) is 0. The number of benzene rings is 1. The standard InChI is InChI=1S/C12H12BrN5O2/c1-20-10-6-8(5-9(13)7-10)11(19)17-3-2-4-18-12(17)14-15-16-18/h5-7H,2-4H2,1H3. The molecule has 1 aromatic heterocycles. The molecule has 0 radical (unpaired) electrons. The van der Waals surface area contributed by atoms with E-state index in [0.29, 0.717) is 23.8 Å². The summed E-state index contributed by atoms with van der Waals surface area (Å²) in [5.74, 6) is 0.972. The van der Waals surface area contributed by atoms with Crippen molar-refractivity contribution >= 4 is 27.8 Å². The van der Waals surface area contributed by atoms with Crippen LogP contribution in [-0.4, -0.2) is 39.8 Å². The second-order valence-corrected chi connectivity index (χ2v) is 5.31. The zero-order valence-electron chi connectivity index (χ0n) is 10.8. The van der Waals surface area contributed by atoms with Crippen molar-refractivity contribution < 1.29 is 9.53 Å². The maximum atomic E-state index is 12.6. The first-order valence-electron chi connectivity index (χ1n) is 6.11. The van der Waals surface area contributed by atoms with Gasteiger partial charge < -0.3 is 4.74 Å². The van der Waals surface area contributed by atoms with Gasteiger partial charge in [0.25, 0.3) is 11.9 Å². The van der Waals surface area contributed by atoms with E-state index in [1.165, 1.54) is 0 Å². The molecular weight excluding hydrogens is 326 g/mol. The summed E-state index contributed by atoms with van der Waals surface area (Å²) in [4.78, 5) is 14.2. The first kappa shape index (κ1) is 13.0. The average molecular weight is 338 g/mol. The zero-order chi connectivity index (χ0) is 14.1. The molecule has 1 amide bonds. The monoisotopic (exact) mass is 337 g/mol. The Morgan fingerprint density at radius 1 is 1.35 bits per heavy atom. The van der Waals surface area contributed by atoms with Gasteiger partial charge in [-0.3, -0.25) is 9.69 Å². The van der Waals surface area contributed by atoms with Crippen molar-refractivity contribution in [2.45, 2.75) is 13.0 Å². The van der Waals surface area contributed by atoms with E-state index in [1.54, 1.807) is 34.9 Å². The number of fused-ring (bicyclic) bond motifs is 1. The number of amides is 1. The molecule has 0 N–H and O–H groups in total. The van der Waals surface area contributed by atoms with Crippen LogP contribution >= 0.6 is 15.9 Å². The Morgan fingerprint density at radius 3 is 3.00 bits per heavy atom. The Balaban J connectivity index is 1.96. The lowest BCUT2D eigenvalue weighted by Gasteiger charge is -2.25. The van der Waals surface area contributed by atoms with Gasteiger partial charge in [0.1, 0.15) is 5.75 Å². The second kappa shape index (κ2) is 5.20. The summed E-state index contributed by atoms with van der Waals surface area (Å²) in [6.07, 6.45) is 0.828. The van der Waals surface area contributed by atoms with Gasteiger partial charge in [-0.15, -0.1) is 0 Å². The number of aryl methyl sites for hydroxylation is 1. The van der Waals surface area contributed by atoms with Gasteiger partial charge >= 0.3 is 0 Å². The fourth-order valence-electron chi connectivity index (χ4n) is 2.17. The minimum atomic E-state index is -0.139. The van der Waals surface area contributed by atoms with Crippen molar-refractivity contribution in [3.8, 4) is 5.75 Å². The third-order valence-electron chi connectivity index (χ3n) is 3.11. The number of halogens is 1. The molecule has 2 heterocycles. The van der Waals surface area contributed by atoms with Gasteiger partial charge in [0.2, 0.25) is 0 Å². The Bertz CT molecular complexity index is 657. The Morgan fingerprint density at radius 2 is 2.20 bits per heavy atom. The quantitative estimate of drug-likeness (QED) is 0.830. The van der Waals surface area contributed by atoms with E-state index in [4.69, 9.17) is 4.74 Å². The molecule has 2 aromatic rings. The molecule has 20 heavy (non-hydrogen) atoms. The summed E-state index contributed by atoms with van der Waals surface area (Å²) in [5, 5.41) is 11.4. The Kier molecular flexibility index (Phi) is 3.39. The van der Waals surface area contributed by atoms with E-state index in [-0.39, 0.29) is 5.91 Å². The van der Waals surface area contributed by atoms with Crippen LogP contribution in [0, 0.1) is 0 Å². The molecule has 0 bridgehead atoms. The third-order valence-corrected chi connectivity index (χ3v) is 3.56. The predicted octanol–water partition coefficient (Wildman–Crippen LogP) is 1.49. The molecule has 1 aliphatic heterocycles. The van der Waals surface area contributed by atoms with Crippen LogP contribution in [0.4, 0.5) is 5.95 Å². The van der Waals surface area contributed by atoms with Gasteiger partial charge in [-0.25, -0.2) is 4.68 Å². The molecule has 3 rings (SSSR count). The number of ether oxygens (including phenoxy) is 1. The van der Waals surface area contributed by atoms with Crippen molar-refractivity contribution in [3.63, 3.8) is 0 Å². The number of tetrazole rings is 1. The highest BCUT2D eigenvalue weighted by molar-refractivity contribution is 9.10. The van der Waals surface area contributed by atoms with Gasteiger partial charge in [0, 0.05) is 23.1 Å². The molecular formula is C12H12BrN5O2. The maximum Gasteiger partial charge on any atom is 0.260 e. The molecule has 0 saturated heterocycles. The fourth-order valence-corrected chi connectivity index (χ4v) is 2.64. The molecule has 0 unspecified atom stereocenters. The lowest BCUT2D eigenvalue weighted by atomic mass is 10.1. The summed E-state index contributed by atoms with van der Waals surface area (Å²) < 4.78 is 7.61. The van der Waals surface area contributed by atoms with Crippen LogP contribution in [0.5, 0.6) is 5.75 Å². The molecule has 0 spiro atoms. The molecule has 1 aliphatic rings. The largest absolute Gasteiger partial charge is 0.497 e. The van der Waals surface area contributed by atoms with Crippen molar-refractivity contribution in [1.29, 1.82) is 0 Å². The van der Waals surface area contributed by atoms with Gasteiger partial charge in [0.05, 0.1) is 7.11 Å². The number of methoxy groups -OCH3 is 1. The van der Waals surface area contributed by atoms with E-state index in [9.17, 15) is 4.79 Å². The zero-order valence-corrected chi connectivity index (χ0v) is 12.4. The van der Waals surface area contributed by atoms with Crippen LogP contribution in [0.1, 0.15) is 16.8 Å². The Labute approximate surface area is 123 Å². The molecule has 0 fully saturated rings. The molecule has 0 saturated carbocycles. The van der Waals surface area contributed by atoms with Crippen LogP contribution in [-0.2, 0) is 6.54 Å². The average Bonchev–Trinajstić information content (AvgIpc) is 2.94. The van der Waals surface area contributed by atoms with E-state index in [2.05, 4.69) is 31.5 Å². The number of hydrogen-bond acceptors (Lipinski definition) is 5. The van der Waals surface area contributed by atoms with Gasteiger partial charge in [-0.05, 0) is 35.0 Å². The van der Waals surface area contributed by atoms with Gasteiger partial charge in [0.15, 0.2) is 0 Å². The Hall–Kier alpha value is -1.96. The SMILES string of the molecule is COc1cc(Br)cc(C(=O)N2CCCn3nnnc32)c1. The first-order valence-corrected chi connectivity index (χ1v) is 6.91. The fraction of sp³-hybridized carbons (Fsp3) is 0.333. The summed E-state index contributed by atoms with van der Waals surface area (Å²) in [7, 11) is 1.57. The van der Waals surface area contributed by atoms with Gasteiger partial charge in [-0.1, -0.05) is 21.0 Å². The highest BCUT2D eigenvalue weighted by atomic mass is 79.9. The number of aromatic nitrogens is 4. The van der Waals surface area contributed by atoms with E-state index in [0.717, 1.165) is 17.4 Å². The molecule has 0 atom stereocenters. The van der Waals surface area contributed by atoms with E-state index < -0.39 is 0 Å². The molecule has 1 aromatic carbocycles. The molecule has 0 aliphatic carbocycles. The predicted molar refractivity (Wildman–Crippen MR) is 74.8 cm³/mol. The minimum absolute atomic E-state index is 0.139. The topological polar surface area (TPSA) is 73.1 Å². The van der Waals surface area contributed by atoms with E-state index in [1.807, 2.05) is 0 Å². The van der Waals surface area contributed by atoms with Crippen molar-refractivity contribution in [2.24, 2.45) is 0 Å². The smallest absolute Gasteiger partial charge is 0.260 e. The third kappa shape index (κ3) is 2.26. The summed E-state index contributed by atoms with van der Waals surface area (Å²) in [5.41, 5.74) is 0.535. The first-order chi connectivity index (χ1) is 9.69. The van der Waals surface area contributed by atoms with Gasteiger partial charge in [-0.2, -0.15) is 0 Å². The van der Waals surface area contributed by atoms with Crippen LogP contribution in [0.2, 0.25) is 0 Å². The van der Waals surface area contributed by atoms with Crippen molar-refractivity contribution in [1.82, 2.24) is 20.2 Å². The summed E-state index contributed by atoms with van der Waals surface area (Å²) >= 11 is 3.37. The second-order valence-electron chi connectivity index (χ2n) is 4.39. The van der Waals surface area contributed by atoms with Crippen LogP contribution < -0.4 is 9.64 Å². The van der Waals surface area contributed by atoms with E-state index >= 15 is 0 Å². The molecule has 104 valence electrons. The van der Waals surface area contributed by atoms with Crippen LogP contribution in [0.3, 0.4) is 0 Å². The van der Waals surface area contributed by atoms with Crippen molar-refractivity contribution in [2.75, 3.05) is 18.6 Å². The number of rotatable bonds is 2. The summed E-state index contributed by atoms with van der Waals surface area (Å²) in [6, 6.07) is 5.26. The number of nitrogens with zero attached hydrogens (tertiary/aromatic N) is 5. The molecule has 8 heteroatoms. The number of anilines is 1. The number of carbonyl (C=O) groups excluding carboxylic acids is 1. The van der Waals surface area contributed by atoms with Crippen LogP contribution in [0.25, 0.3) is 0 Å². The van der Waals surface area contributed by atoms with Crippen molar-refractivity contribution in [3.05, 3.63) is 28.2 Å². The minimum Gasteiger partial charge on any atom is -0.497 e. The highest BCUT2D eigenvalue weighted by Crippen LogP contribution is 2.24.